The minimum Gasteiger partial charge on any atom is -0.495 e. The van der Waals surface area contributed by atoms with E-state index in [0.717, 1.165) is 16.8 Å². The summed E-state index contributed by atoms with van der Waals surface area (Å²) in [5, 5.41) is 6.58. The molecule has 0 fully saturated rings. The smallest absolute Gasteiger partial charge is 0.274 e. The maximum absolute atomic E-state index is 12.7. The SMILES string of the molecule is COc1ccc(C)cc1NC(=O)c1cc(C)nc(Nc2ccc(C)c(Cl)c2)n1. The molecule has 0 unspecified atom stereocenters. The van der Waals surface area contributed by atoms with Crippen LogP contribution in [0.5, 0.6) is 5.75 Å². The lowest BCUT2D eigenvalue weighted by Crippen LogP contribution is -2.16. The number of nitrogens with zero attached hydrogens (tertiary/aromatic N) is 2. The van der Waals surface area contributed by atoms with Gasteiger partial charge in [-0.1, -0.05) is 23.7 Å². The van der Waals surface area contributed by atoms with Crippen LogP contribution in [0.1, 0.15) is 27.3 Å². The summed E-state index contributed by atoms with van der Waals surface area (Å²) in [6, 6.07) is 12.8. The predicted molar refractivity (Wildman–Crippen MR) is 112 cm³/mol. The first kappa shape index (κ1) is 19.6. The van der Waals surface area contributed by atoms with E-state index in [9.17, 15) is 4.79 Å². The van der Waals surface area contributed by atoms with Gasteiger partial charge in [-0.15, -0.1) is 0 Å². The summed E-state index contributed by atoms with van der Waals surface area (Å²) in [7, 11) is 1.56. The fourth-order valence-corrected chi connectivity index (χ4v) is 2.83. The lowest BCUT2D eigenvalue weighted by atomic mass is 10.2. The van der Waals surface area contributed by atoms with Crippen LogP contribution in [-0.4, -0.2) is 23.0 Å². The lowest BCUT2D eigenvalue weighted by Gasteiger charge is -2.12. The van der Waals surface area contributed by atoms with Crippen molar-refractivity contribution in [1.29, 1.82) is 0 Å². The van der Waals surface area contributed by atoms with Gasteiger partial charge in [-0.05, 0) is 62.2 Å². The van der Waals surface area contributed by atoms with Gasteiger partial charge < -0.3 is 15.4 Å². The van der Waals surface area contributed by atoms with Gasteiger partial charge in [0, 0.05) is 16.4 Å². The van der Waals surface area contributed by atoms with E-state index in [2.05, 4.69) is 20.6 Å². The number of nitrogens with one attached hydrogen (secondary N) is 2. The van der Waals surface area contributed by atoms with Crippen LogP contribution in [0.2, 0.25) is 5.02 Å². The summed E-state index contributed by atoms with van der Waals surface area (Å²) in [4.78, 5) is 21.4. The number of aromatic nitrogens is 2. The number of halogens is 1. The minimum absolute atomic E-state index is 0.247. The number of carbonyl (C=O) groups excluding carboxylic acids is 1. The zero-order chi connectivity index (χ0) is 20.3. The van der Waals surface area contributed by atoms with E-state index in [4.69, 9.17) is 16.3 Å². The van der Waals surface area contributed by atoms with Crippen LogP contribution in [-0.2, 0) is 0 Å². The maximum atomic E-state index is 12.7. The Kier molecular flexibility index (Phi) is 5.80. The fourth-order valence-electron chi connectivity index (χ4n) is 2.65. The Morgan fingerprint density at radius 2 is 1.82 bits per heavy atom. The number of ether oxygens (including phenoxy) is 1. The molecule has 1 amide bonds. The summed E-state index contributed by atoms with van der Waals surface area (Å²) in [5.74, 6) is 0.554. The van der Waals surface area contributed by atoms with Gasteiger partial charge in [-0.25, -0.2) is 9.97 Å². The second-order valence-electron chi connectivity index (χ2n) is 6.46. The topological polar surface area (TPSA) is 76.1 Å². The molecule has 2 aromatic carbocycles. The van der Waals surface area contributed by atoms with Crippen molar-refractivity contribution in [2.24, 2.45) is 0 Å². The quantitative estimate of drug-likeness (QED) is 0.630. The Balaban J connectivity index is 1.85. The molecule has 0 atom stereocenters. The van der Waals surface area contributed by atoms with Gasteiger partial charge in [0.15, 0.2) is 0 Å². The first-order valence-electron chi connectivity index (χ1n) is 8.70. The Labute approximate surface area is 168 Å². The van der Waals surface area contributed by atoms with E-state index in [1.54, 1.807) is 26.2 Å². The lowest BCUT2D eigenvalue weighted by molar-refractivity contribution is 0.102. The van der Waals surface area contributed by atoms with Crippen molar-refractivity contribution in [2.75, 3.05) is 17.7 Å². The van der Waals surface area contributed by atoms with E-state index in [1.165, 1.54) is 0 Å². The van der Waals surface area contributed by atoms with E-state index in [0.29, 0.717) is 28.1 Å². The molecule has 0 radical (unpaired) electrons. The van der Waals surface area contributed by atoms with Crippen molar-refractivity contribution in [2.45, 2.75) is 20.8 Å². The third kappa shape index (κ3) is 4.58. The molecule has 0 saturated heterocycles. The normalized spacial score (nSPS) is 10.5. The van der Waals surface area contributed by atoms with Crippen LogP contribution in [0.3, 0.4) is 0 Å². The third-order valence-electron chi connectivity index (χ3n) is 4.12. The molecule has 7 heteroatoms. The monoisotopic (exact) mass is 396 g/mol. The average molecular weight is 397 g/mol. The van der Waals surface area contributed by atoms with Crippen molar-refractivity contribution < 1.29 is 9.53 Å². The van der Waals surface area contributed by atoms with Crippen LogP contribution in [0, 0.1) is 20.8 Å². The number of aryl methyl sites for hydroxylation is 3. The van der Waals surface area contributed by atoms with Crippen molar-refractivity contribution >= 4 is 34.8 Å². The fraction of sp³-hybridized carbons (Fsp3) is 0.190. The van der Waals surface area contributed by atoms with Gasteiger partial charge in [-0.3, -0.25) is 4.79 Å². The molecule has 28 heavy (non-hydrogen) atoms. The standard InChI is InChI=1S/C21H21ClN4O2/c1-12-5-8-19(28-4)17(9-12)25-20(27)18-10-14(3)23-21(26-18)24-15-7-6-13(2)16(22)11-15/h5-11H,1-4H3,(H,25,27)(H,23,24,26). The zero-order valence-electron chi connectivity index (χ0n) is 16.1. The van der Waals surface area contributed by atoms with E-state index >= 15 is 0 Å². The van der Waals surface area contributed by atoms with Crippen molar-refractivity contribution in [3.8, 4) is 5.75 Å². The molecule has 0 aliphatic heterocycles. The molecule has 2 N–H and O–H groups in total. The van der Waals surface area contributed by atoms with Crippen LogP contribution >= 0.6 is 11.6 Å². The van der Waals surface area contributed by atoms with Gasteiger partial charge in [0.25, 0.3) is 5.91 Å². The van der Waals surface area contributed by atoms with Crippen molar-refractivity contribution in [3.63, 3.8) is 0 Å². The molecule has 1 heterocycles. The molecule has 3 rings (SSSR count). The highest BCUT2D eigenvalue weighted by Gasteiger charge is 2.14. The van der Waals surface area contributed by atoms with E-state index < -0.39 is 0 Å². The summed E-state index contributed by atoms with van der Waals surface area (Å²) < 4.78 is 5.31. The molecule has 3 aromatic rings. The Morgan fingerprint density at radius 1 is 1.04 bits per heavy atom. The number of anilines is 3. The van der Waals surface area contributed by atoms with Crippen molar-refractivity contribution in [3.05, 3.63) is 70.0 Å². The van der Waals surface area contributed by atoms with Crippen LogP contribution < -0.4 is 15.4 Å². The molecule has 0 saturated carbocycles. The Morgan fingerprint density at radius 3 is 2.54 bits per heavy atom. The molecule has 0 aliphatic carbocycles. The van der Waals surface area contributed by atoms with Gasteiger partial charge in [-0.2, -0.15) is 0 Å². The van der Waals surface area contributed by atoms with E-state index in [1.807, 2.05) is 44.2 Å². The number of methoxy groups -OCH3 is 1. The zero-order valence-corrected chi connectivity index (χ0v) is 16.9. The van der Waals surface area contributed by atoms with Gasteiger partial charge in [0.2, 0.25) is 5.95 Å². The summed E-state index contributed by atoms with van der Waals surface area (Å²) in [6.07, 6.45) is 0. The number of hydrogen-bond acceptors (Lipinski definition) is 5. The van der Waals surface area contributed by atoms with Crippen molar-refractivity contribution in [1.82, 2.24) is 9.97 Å². The van der Waals surface area contributed by atoms with Gasteiger partial charge >= 0.3 is 0 Å². The van der Waals surface area contributed by atoms with Gasteiger partial charge in [0.1, 0.15) is 11.4 Å². The molecular weight excluding hydrogens is 376 g/mol. The predicted octanol–water partition coefficient (Wildman–Crippen LogP) is 5.06. The largest absolute Gasteiger partial charge is 0.495 e. The summed E-state index contributed by atoms with van der Waals surface area (Å²) in [6.45, 7) is 5.68. The molecule has 6 nitrogen and oxygen atoms in total. The Bertz CT molecular complexity index is 1040. The molecule has 144 valence electrons. The second-order valence-corrected chi connectivity index (χ2v) is 6.87. The number of hydrogen-bond donors (Lipinski definition) is 2. The first-order chi connectivity index (χ1) is 13.4. The number of carbonyl (C=O) groups is 1. The van der Waals surface area contributed by atoms with E-state index in [-0.39, 0.29) is 11.6 Å². The summed E-state index contributed by atoms with van der Waals surface area (Å²) >= 11 is 6.17. The highest BCUT2D eigenvalue weighted by Crippen LogP contribution is 2.26. The molecule has 0 spiro atoms. The molecule has 0 aliphatic rings. The third-order valence-corrected chi connectivity index (χ3v) is 4.53. The van der Waals surface area contributed by atoms with Crippen LogP contribution in [0.25, 0.3) is 0 Å². The summed E-state index contributed by atoms with van der Waals surface area (Å²) in [5.41, 5.74) is 4.23. The number of amides is 1. The molecule has 1 aromatic heterocycles. The highest BCUT2D eigenvalue weighted by atomic mass is 35.5. The first-order valence-corrected chi connectivity index (χ1v) is 9.08. The van der Waals surface area contributed by atoms with Crippen LogP contribution in [0.4, 0.5) is 17.3 Å². The van der Waals surface area contributed by atoms with Gasteiger partial charge in [0.05, 0.1) is 12.8 Å². The molecule has 0 bridgehead atoms. The number of benzene rings is 2. The Hall–Kier alpha value is -3.12. The minimum atomic E-state index is -0.348. The van der Waals surface area contributed by atoms with Crippen LogP contribution in [0.15, 0.2) is 42.5 Å². The average Bonchev–Trinajstić information content (AvgIpc) is 2.64. The highest BCUT2D eigenvalue weighted by molar-refractivity contribution is 6.31. The second kappa shape index (κ2) is 8.27. The maximum Gasteiger partial charge on any atom is 0.274 e. The number of rotatable bonds is 5. The molecular formula is C21H21ClN4O2.